The van der Waals surface area contributed by atoms with Gasteiger partial charge in [0.05, 0.1) is 6.26 Å². The Morgan fingerprint density at radius 1 is 1.46 bits per heavy atom. The number of sulfonamides is 1. The van der Waals surface area contributed by atoms with Crippen LogP contribution in [0.2, 0.25) is 0 Å². The predicted molar refractivity (Wildman–Crippen MR) is 55.1 cm³/mol. The highest BCUT2D eigenvalue weighted by atomic mass is 32.2. The van der Waals surface area contributed by atoms with Gasteiger partial charge in [0.2, 0.25) is 10.0 Å². The van der Waals surface area contributed by atoms with Crippen molar-refractivity contribution in [3.05, 3.63) is 12.7 Å². The molecule has 0 amide bonds. The molecule has 0 bridgehead atoms. The van der Waals surface area contributed by atoms with Crippen molar-refractivity contribution in [3.63, 3.8) is 0 Å². The molecule has 78 valence electrons. The standard InChI is InChI=1S/C8H18N2O2S/c1-5-6-9-7-8(2,3)10-13(4,11)12/h5,9-10H,1,6-7H2,2-4H3. The molecular formula is C8H18N2O2S. The zero-order valence-corrected chi connectivity index (χ0v) is 9.24. The molecule has 13 heavy (non-hydrogen) atoms. The lowest BCUT2D eigenvalue weighted by Crippen LogP contribution is -2.49. The van der Waals surface area contributed by atoms with Gasteiger partial charge in [-0.3, -0.25) is 0 Å². The third-order valence-electron chi connectivity index (χ3n) is 1.32. The number of rotatable bonds is 6. The molecule has 0 aliphatic heterocycles. The highest BCUT2D eigenvalue weighted by molar-refractivity contribution is 7.88. The molecule has 0 atom stereocenters. The van der Waals surface area contributed by atoms with Gasteiger partial charge >= 0.3 is 0 Å². The van der Waals surface area contributed by atoms with E-state index in [1.165, 1.54) is 0 Å². The second-order valence-electron chi connectivity index (χ2n) is 3.68. The first kappa shape index (κ1) is 12.6. The van der Waals surface area contributed by atoms with Gasteiger partial charge in [-0.2, -0.15) is 0 Å². The summed E-state index contributed by atoms with van der Waals surface area (Å²) in [5, 5.41) is 3.05. The Hall–Kier alpha value is -0.390. The van der Waals surface area contributed by atoms with Crippen molar-refractivity contribution in [3.8, 4) is 0 Å². The smallest absolute Gasteiger partial charge is 0.209 e. The Kier molecular flexibility index (Phi) is 4.60. The van der Waals surface area contributed by atoms with Gasteiger partial charge in [-0.15, -0.1) is 6.58 Å². The van der Waals surface area contributed by atoms with Crippen molar-refractivity contribution in [1.82, 2.24) is 10.0 Å². The van der Waals surface area contributed by atoms with Crippen LogP contribution in [0.3, 0.4) is 0 Å². The Morgan fingerprint density at radius 2 is 2.00 bits per heavy atom. The average molecular weight is 206 g/mol. The van der Waals surface area contributed by atoms with Gasteiger partial charge in [0.1, 0.15) is 0 Å². The van der Waals surface area contributed by atoms with Crippen molar-refractivity contribution in [1.29, 1.82) is 0 Å². The maximum atomic E-state index is 10.9. The summed E-state index contributed by atoms with van der Waals surface area (Å²) >= 11 is 0. The minimum atomic E-state index is -3.13. The summed E-state index contributed by atoms with van der Waals surface area (Å²) in [4.78, 5) is 0. The summed E-state index contributed by atoms with van der Waals surface area (Å²) in [7, 11) is -3.13. The predicted octanol–water partition coefficient (Wildman–Crippen LogP) is 0.0898. The molecule has 0 aliphatic rings. The molecule has 0 fully saturated rings. The van der Waals surface area contributed by atoms with E-state index in [4.69, 9.17) is 0 Å². The molecule has 5 heteroatoms. The molecule has 0 aromatic rings. The zero-order valence-electron chi connectivity index (χ0n) is 8.42. The van der Waals surface area contributed by atoms with Gasteiger partial charge in [0, 0.05) is 18.6 Å². The highest BCUT2D eigenvalue weighted by Crippen LogP contribution is 2.01. The van der Waals surface area contributed by atoms with Gasteiger partial charge in [0.15, 0.2) is 0 Å². The first-order valence-corrected chi connectivity index (χ1v) is 5.96. The molecule has 0 saturated carbocycles. The average Bonchev–Trinajstić information content (AvgIpc) is 1.81. The van der Waals surface area contributed by atoms with E-state index in [1.54, 1.807) is 6.08 Å². The Morgan fingerprint density at radius 3 is 2.38 bits per heavy atom. The molecule has 0 aliphatic carbocycles. The monoisotopic (exact) mass is 206 g/mol. The van der Waals surface area contributed by atoms with Crippen molar-refractivity contribution in [2.75, 3.05) is 19.3 Å². The normalized spacial score (nSPS) is 12.8. The van der Waals surface area contributed by atoms with Crippen LogP contribution in [-0.4, -0.2) is 33.3 Å². The SMILES string of the molecule is C=CCNCC(C)(C)NS(C)(=O)=O. The summed E-state index contributed by atoms with van der Waals surface area (Å²) in [6.07, 6.45) is 2.89. The molecule has 0 saturated heterocycles. The van der Waals surface area contributed by atoms with E-state index in [2.05, 4.69) is 16.6 Å². The van der Waals surface area contributed by atoms with E-state index >= 15 is 0 Å². The fourth-order valence-electron chi connectivity index (χ4n) is 1.02. The van der Waals surface area contributed by atoms with E-state index in [0.29, 0.717) is 13.1 Å². The molecule has 0 unspecified atom stereocenters. The van der Waals surface area contributed by atoms with Crippen LogP contribution in [0.1, 0.15) is 13.8 Å². The van der Waals surface area contributed by atoms with E-state index in [9.17, 15) is 8.42 Å². The summed E-state index contributed by atoms with van der Waals surface area (Å²) < 4.78 is 24.4. The summed E-state index contributed by atoms with van der Waals surface area (Å²) in [5.74, 6) is 0. The third-order valence-corrected chi connectivity index (χ3v) is 2.24. The van der Waals surface area contributed by atoms with Gasteiger partial charge in [-0.05, 0) is 13.8 Å². The van der Waals surface area contributed by atoms with E-state index in [0.717, 1.165) is 6.26 Å². The lowest BCUT2D eigenvalue weighted by atomic mass is 10.1. The first-order valence-electron chi connectivity index (χ1n) is 4.07. The van der Waals surface area contributed by atoms with Gasteiger partial charge in [-0.1, -0.05) is 6.08 Å². The summed E-state index contributed by atoms with van der Waals surface area (Å²) in [6.45, 7) is 8.45. The number of nitrogens with one attached hydrogen (secondary N) is 2. The molecule has 2 N–H and O–H groups in total. The van der Waals surface area contributed by atoms with E-state index in [1.807, 2.05) is 13.8 Å². The molecule has 0 heterocycles. The number of hydrogen-bond donors (Lipinski definition) is 2. The minimum absolute atomic E-state index is 0.462. The minimum Gasteiger partial charge on any atom is -0.311 e. The molecule has 4 nitrogen and oxygen atoms in total. The number of hydrogen-bond acceptors (Lipinski definition) is 3. The molecule has 0 spiro atoms. The maximum absolute atomic E-state index is 10.9. The van der Waals surface area contributed by atoms with Gasteiger partial charge in [-0.25, -0.2) is 13.1 Å². The van der Waals surface area contributed by atoms with Crippen molar-refractivity contribution >= 4 is 10.0 Å². The molecular weight excluding hydrogens is 188 g/mol. The quantitative estimate of drug-likeness (QED) is 0.478. The van der Waals surface area contributed by atoms with Crippen molar-refractivity contribution in [2.24, 2.45) is 0 Å². The van der Waals surface area contributed by atoms with Gasteiger partial charge < -0.3 is 5.32 Å². The van der Waals surface area contributed by atoms with Crippen LogP contribution < -0.4 is 10.0 Å². The van der Waals surface area contributed by atoms with Crippen LogP contribution in [-0.2, 0) is 10.0 Å². The van der Waals surface area contributed by atoms with Gasteiger partial charge in [0.25, 0.3) is 0 Å². The van der Waals surface area contributed by atoms with Crippen LogP contribution >= 0.6 is 0 Å². The molecule has 0 radical (unpaired) electrons. The Bertz CT molecular complexity index is 257. The van der Waals surface area contributed by atoms with E-state index < -0.39 is 15.6 Å². The van der Waals surface area contributed by atoms with Crippen LogP contribution in [0, 0.1) is 0 Å². The summed E-state index contributed by atoms with van der Waals surface area (Å²) in [6, 6.07) is 0. The molecule has 0 aromatic heterocycles. The van der Waals surface area contributed by atoms with Crippen LogP contribution in [0.15, 0.2) is 12.7 Å². The van der Waals surface area contributed by atoms with E-state index in [-0.39, 0.29) is 0 Å². The van der Waals surface area contributed by atoms with Crippen LogP contribution in [0.25, 0.3) is 0 Å². The van der Waals surface area contributed by atoms with Crippen LogP contribution in [0.4, 0.5) is 0 Å². The van der Waals surface area contributed by atoms with Crippen molar-refractivity contribution < 1.29 is 8.42 Å². The lowest BCUT2D eigenvalue weighted by Gasteiger charge is -2.24. The third kappa shape index (κ3) is 7.95. The topological polar surface area (TPSA) is 58.2 Å². The maximum Gasteiger partial charge on any atom is 0.209 e. The summed E-state index contributed by atoms with van der Waals surface area (Å²) in [5.41, 5.74) is -0.462. The zero-order chi connectivity index (χ0) is 10.5. The fourth-order valence-corrected chi connectivity index (χ4v) is 2.10. The Balaban J connectivity index is 4.01. The lowest BCUT2D eigenvalue weighted by molar-refractivity contribution is 0.430. The first-order chi connectivity index (χ1) is 5.77. The van der Waals surface area contributed by atoms with Crippen LogP contribution in [0.5, 0.6) is 0 Å². The Labute approximate surface area is 80.5 Å². The van der Waals surface area contributed by atoms with Crippen molar-refractivity contribution in [2.45, 2.75) is 19.4 Å². The molecule has 0 rings (SSSR count). The second kappa shape index (κ2) is 4.74. The second-order valence-corrected chi connectivity index (χ2v) is 5.43. The largest absolute Gasteiger partial charge is 0.311 e. The fraction of sp³-hybridized carbons (Fsp3) is 0.750. The molecule has 0 aromatic carbocycles. The highest BCUT2D eigenvalue weighted by Gasteiger charge is 2.20.